The second-order valence-corrected chi connectivity index (χ2v) is 11.2. The number of amides is 1. The van der Waals surface area contributed by atoms with Crippen LogP contribution >= 0.6 is 0 Å². The van der Waals surface area contributed by atoms with E-state index >= 15 is 0 Å². The number of nitrogens with zero attached hydrogens (tertiary/aromatic N) is 4. The number of hydrogen-bond donors (Lipinski definition) is 2. The van der Waals surface area contributed by atoms with Crippen molar-refractivity contribution in [3.8, 4) is 6.07 Å². The molecule has 5 rings (SSSR count). The fourth-order valence-corrected chi connectivity index (χ4v) is 6.23. The molecule has 1 aromatic carbocycles. The number of fused-ring (bicyclic) bond motifs is 1. The second-order valence-electron chi connectivity index (χ2n) is 11.2. The molecule has 1 aromatic heterocycles. The Labute approximate surface area is 215 Å². The molecule has 2 N–H and O–H groups in total. The van der Waals surface area contributed by atoms with Gasteiger partial charge in [-0.25, -0.2) is 0 Å². The van der Waals surface area contributed by atoms with E-state index in [1.807, 2.05) is 12.4 Å². The summed E-state index contributed by atoms with van der Waals surface area (Å²) in [7, 11) is 0. The number of rotatable bonds is 5. The SMILES string of the molecule is CC(C)(C(=O)Nc1ccc(C#N)c(C(F)(F)F)c1)n1cc(C2CCN(C3CC4CNCC4C3)CC2)cn1. The van der Waals surface area contributed by atoms with Gasteiger partial charge in [0.1, 0.15) is 5.54 Å². The first-order valence-electron chi connectivity index (χ1n) is 13.0. The van der Waals surface area contributed by atoms with E-state index in [2.05, 4.69) is 20.6 Å². The molecule has 37 heavy (non-hydrogen) atoms. The smallest absolute Gasteiger partial charge is 0.324 e. The predicted octanol–water partition coefficient (Wildman–Crippen LogP) is 4.32. The maximum atomic E-state index is 13.3. The molecular formula is C27H33F3N6O. The number of benzene rings is 1. The van der Waals surface area contributed by atoms with Crippen molar-refractivity contribution in [2.24, 2.45) is 11.8 Å². The lowest BCUT2D eigenvalue weighted by Gasteiger charge is -2.36. The van der Waals surface area contributed by atoms with Gasteiger partial charge in [0.2, 0.25) is 0 Å². The summed E-state index contributed by atoms with van der Waals surface area (Å²) in [6.07, 6.45) is 3.71. The fourth-order valence-electron chi connectivity index (χ4n) is 6.23. The van der Waals surface area contributed by atoms with Crippen molar-refractivity contribution in [1.82, 2.24) is 20.0 Å². The van der Waals surface area contributed by atoms with Crippen LogP contribution in [0.3, 0.4) is 0 Å². The van der Waals surface area contributed by atoms with E-state index in [1.165, 1.54) is 18.9 Å². The number of halogens is 3. The van der Waals surface area contributed by atoms with Gasteiger partial charge in [0, 0.05) is 17.9 Å². The molecule has 10 heteroatoms. The lowest BCUT2D eigenvalue weighted by molar-refractivity contribution is -0.137. The first-order chi connectivity index (χ1) is 17.6. The van der Waals surface area contributed by atoms with Gasteiger partial charge in [-0.15, -0.1) is 0 Å². The predicted molar refractivity (Wildman–Crippen MR) is 133 cm³/mol. The molecule has 1 saturated carbocycles. The highest BCUT2D eigenvalue weighted by Gasteiger charge is 2.41. The van der Waals surface area contributed by atoms with E-state index in [9.17, 15) is 18.0 Å². The Morgan fingerprint density at radius 1 is 1.16 bits per heavy atom. The molecule has 2 aromatic rings. The van der Waals surface area contributed by atoms with Crippen LogP contribution in [0.1, 0.15) is 62.1 Å². The molecule has 3 heterocycles. The summed E-state index contributed by atoms with van der Waals surface area (Å²) in [4.78, 5) is 15.7. The monoisotopic (exact) mass is 514 g/mol. The van der Waals surface area contributed by atoms with Crippen LogP contribution in [-0.2, 0) is 16.5 Å². The number of hydrogen-bond acceptors (Lipinski definition) is 5. The molecule has 7 nitrogen and oxygen atoms in total. The molecular weight excluding hydrogens is 481 g/mol. The number of anilines is 1. The first-order valence-corrected chi connectivity index (χ1v) is 13.0. The Bertz CT molecular complexity index is 1180. The van der Waals surface area contributed by atoms with Gasteiger partial charge >= 0.3 is 6.18 Å². The molecule has 2 aliphatic heterocycles. The minimum atomic E-state index is -4.69. The van der Waals surface area contributed by atoms with E-state index < -0.39 is 28.7 Å². The second kappa shape index (κ2) is 9.76. The van der Waals surface area contributed by atoms with Crippen LogP contribution < -0.4 is 10.6 Å². The first kappa shape index (κ1) is 25.7. The maximum absolute atomic E-state index is 13.3. The number of nitriles is 1. The van der Waals surface area contributed by atoms with Crippen LogP contribution in [0.5, 0.6) is 0 Å². The van der Waals surface area contributed by atoms with Crippen molar-refractivity contribution < 1.29 is 18.0 Å². The Balaban J connectivity index is 1.21. The average Bonchev–Trinajstić information content (AvgIpc) is 3.60. The van der Waals surface area contributed by atoms with Crippen molar-refractivity contribution in [3.63, 3.8) is 0 Å². The Morgan fingerprint density at radius 2 is 1.84 bits per heavy atom. The van der Waals surface area contributed by atoms with Gasteiger partial charge in [-0.1, -0.05) is 0 Å². The van der Waals surface area contributed by atoms with Crippen LogP contribution in [0, 0.1) is 23.2 Å². The summed E-state index contributed by atoms with van der Waals surface area (Å²) >= 11 is 0. The lowest BCUT2D eigenvalue weighted by Crippen LogP contribution is -2.41. The van der Waals surface area contributed by atoms with Gasteiger partial charge in [-0.2, -0.15) is 23.5 Å². The molecule has 3 fully saturated rings. The van der Waals surface area contributed by atoms with Crippen molar-refractivity contribution in [2.75, 3.05) is 31.5 Å². The molecule has 2 unspecified atom stereocenters. The lowest BCUT2D eigenvalue weighted by atomic mass is 9.90. The summed E-state index contributed by atoms with van der Waals surface area (Å²) in [5.74, 6) is 1.55. The normalized spacial score (nSPS) is 25.1. The van der Waals surface area contributed by atoms with Gasteiger partial charge in [0.05, 0.1) is 23.4 Å². The Hall–Kier alpha value is -2.90. The van der Waals surface area contributed by atoms with E-state index in [-0.39, 0.29) is 5.69 Å². The molecule has 1 amide bonds. The van der Waals surface area contributed by atoms with Crippen LogP contribution in [0.25, 0.3) is 0 Å². The van der Waals surface area contributed by atoms with Gasteiger partial charge in [0.25, 0.3) is 5.91 Å². The summed E-state index contributed by atoms with van der Waals surface area (Å²) in [6, 6.07) is 5.41. The maximum Gasteiger partial charge on any atom is 0.417 e. The number of piperidine rings is 1. The number of carbonyl (C=O) groups excluding carboxylic acids is 1. The minimum absolute atomic E-state index is 0.0176. The minimum Gasteiger partial charge on any atom is -0.324 e. The van der Waals surface area contributed by atoms with E-state index in [1.54, 1.807) is 24.6 Å². The number of alkyl halides is 3. The number of nitrogens with one attached hydrogen (secondary N) is 2. The van der Waals surface area contributed by atoms with Crippen molar-refractivity contribution in [2.45, 2.75) is 63.2 Å². The summed E-state index contributed by atoms with van der Waals surface area (Å²) < 4.78 is 41.5. The number of likely N-dealkylation sites (tertiary alicyclic amines) is 1. The highest BCUT2D eigenvalue weighted by Crippen LogP contribution is 2.39. The molecule has 0 spiro atoms. The largest absolute Gasteiger partial charge is 0.417 e. The van der Waals surface area contributed by atoms with Gasteiger partial charge in [0.15, 0.2) is 0 Å². The molecule has 2 atom stereocenters. The standard InChI is InChI=1S/C27H33F3N6O/c1-26(2,25(37)34-22-4-3-18(12-31)24(11-22)27(28,29)30)36-16-21(15-33-36)17-5-7-35(8-6-17)23-9-19-13-32-14-20(19)10-23/h3-4,11,15-17,19-20,23,32H,5-10,13-14H2,1-2H3,(H,34,37). The quantitative estimate of drug-likeness (QED) is 0.621. The van der Waals surface area contributed by atoms with Crippen molar-refractivity contribution in [3.05, 3.63) is 47.3 Å². The summed E-state index contributed by atoms with van der Waals surface area (Å²) in [5, 5.41) is 19.5. The number of carbonyl (C=O) groups is 1. The third-order valence-electron chi connectivity index (χ3n) is 8.58. The molecule has 0 bridgehead atoms. The van der Waals surface area contributed by atoms with E-state index in [0.29, 0.717) is 12.0 Å². The zero-order valence-electron chi connectivity index (χ0n) is 21.2. The third kappa shape index (κ3) is 5.12. The van der Waals surface area contributed by atoms with Gasteiger partial charge < -0.3 is 15.5 Å². The van der Waals surface area contributed by atoms with Crippen LogP contribution in [0.4, 0.5) is 18.9 Å². The van der Waals surface area contributed by atoms with Crippen molar-refractivity contribution in [1.29, 1.82) is 5.26 Å². The van der Waals surface area contributed by atoms with Crippen LogP contribution in [0.15, 0.2) is 30.6 Å². The highest BCUT2D eigenvalue weighted by molar-refractivity contribution is 5.96. The zero-order chi connectivity index (χ0) is 26.4. The molecule has 0 radical (unpaired) electrons. The molecule has 2 saturated heterocycles. The van der Waals surface area contributed by atoms with Gasteiger partial charge in [-0.3, -0.25) is 9.48 Å². The van der Waals surface area contributed by atoms with Crippen LogP contribution in [-0.4, -0.2) is 52.8 Å². The Morgan fingerprint density at radius 3 is 2.46 bits per heavy atom. The topological polar surface area (TPSA) is 86.0 Å². The summed E-state index contributed by atoms with van der Waals surface area (Å²) in [5.41, 5.74) is -1.61. The van der Waals surface area contributed by atoms with Crippen molar-refractivity contribution >= 4 is 11.6 Å². The third-order valence-corrected chi connectivity index (χ3v) is 8.58. The van der Waals surface area contributed by atoms with E-state index in [4.69, 9.17) is 5.26 Å². The molecule has 198 valence electrons. The highest BCUT2D eigenvalue weighted by atomic mass is 19.4. The summed E-state index contributed by atoms with van der Waals surface area (Å²) in [6.45, 7) is 7.82. The van der Waals surface area contributed by atoms with E-state index in [0.717, 1.165) is 68.6 Å². The molecule has 3 aliphatic rings. The Kier molecular flexibility index (Phi) is 6.79. The number of aromatic nitrogens is 2. The van der Waals surface area contributed by atoms with Crippen LogP contribution in [0.2, 0.25) is 0 Å². The average molecular weight is 515 g/mol. The van der Waals surface area contributed by atoms with Gasteiger partial charge in [-0.05, 0) is 107 Å². The zero-order valence-corrected chi connectivity index (χ0v) is 21.2. The fraction of sp³-hybridized carbons (Fsp3) is 0.593. The molecule has 1 aliphatic carbocycles.